The van der Waals surface area contributed by atoms with E-state index in [-0.39, 0.29) is 30.3 Å². The monoisotopic (exact) mass is 523 g/mol. The van der Waals surface area contributed by atoms with Crippen molar-refractivity contribution in [1.82, 2.24) is 24.4 Å². The number of piperidine rings is 1. The Morgan fingerprint density at radius 1 is 1.05 bits per heavy atom. The first kappa shape index (κ1) is 24.7. The van der Waals surface area contributed by atoms with Crippen molar-refractivity contribution in [3.8, 4) is 11.1 Å². The summed E-state index contributed by atoms with van der Waals surface area (Å²) in [5.41, 5.74) is 9.21. The van der Waals surface area contributed by atoms with Crippen LogP contribution < -0.4 is 11.1 Å². The summed E-state index contributed by atoms with van der Waals surface area (Å²) >= 11 is 0. The van der Waals surface area contributed by atoms with Gasteiger partial charge in [0.1, 0.15) is 24.2 Å². The molecule has 6 rings (SSSR count). The molecule has 39 heavy (non-hydrogen) atoms. The fourth-order valence-electron chi connectivity index (χ4n) is 6.07. The normalized spacial score (nSPS) is 19.9. The number of likely N-dealkylation sites (tertiary alicyclic amines) is 1. The molecule has 10 nitrogen and oxygen atoms in total. The Morgan fingerprint density at radius 3 is 2.59 bits per heavy atom. The average molecular weight is 524 g/mol. The van der Waals surface area contributed by atoms with Crippen molar-refractivity contribution in [2.45, 2.75) is 51.7 Å². The lowest BCUT2D eigenvalue weighted by molar-refractivity contribution is -0.141. The number of pyridine rings is 1. The van der Waals surface area contributed by atoms with Gasteiger partial charge in [0.2, 0.25) is 11.8 Å². The molecule has 1 aliphatic carbocycles. The van der Waals surface area contributed by atoms with Crippen molar-refractivity contribution in [2.24, 2.45) is 11.7 Å². The third kappa shape index (κ3) is 4.52. The molecule has 3 amide bonds. The molecular formula is C29H29N7O3. The second-order valence-corrected chi connectivity index (χ2v) is 10.4. The summed E-state index contributed by atoms with van der Waals surface area (Å²) in [5.74, 6) is 0.307. The minimum Gasteiger partial charge on any atom is -0.366 e. The van der Waals surface area contributed by atoms with Crippen LogP contribution in [-0.2, 0) is 16.1 Å². The van der Waals surface area contributed by atoms with Crippen LogP contribution in [0.4, 0.5) is 5.82 Å². The zero-order valence-corrected chi connectivity index (χ0v) is 21.8. The molecule has 4 aromatic rings. The second-order valence-electron chi connectivity index (χ2n) is 10.4. The van der Waals surface area contributed by atoms with Crippen LogP contribution >= 0.6 is 0 Å². The zero-order valence-electron chi connectivity index (χ0n) is 21.8. The number of hydrogen-bond acceptors (Lipinski definition) is 6. The van der Waals surface area contributed by atoms with E-state index in [2.05, 4.69) is 20.3 Å². The molecule has 3 N–H and O–H groups in total. The summed E-state index contributed by atoms with van der Waals surface area (Å²) in [6, 6.07) is 10.6. The van der Waals surface area contributed by atoms with Gasteiger partial charge in [-0.25, -0.2) is 15.0 Å². The van der Waals surface area contributed by atoms with Crippen LogP contribution in [0, 0.1) is 19.8 Å². The van der Waals surface area contributed by atoms with Crippen LogP contribution in [0.5, 0.6) is 0 Å². The van der Waals surface area contributed by atoms with Gasteiger partial charge < -0.3 is 20.5 Å². The van der Waals surface area contributed by atoms with Gasteiger partial charge in [-0.3, -0.25) is 14.4 Å². The number of nitrogens with zero attached hydrogens (tertiary/aromatic N) is 5. The number of nitrogens with one attached hydrogen (secondary N) is 1. The Morgan fingerprint density at radius 2 is 1.85 bits per heavy atom. The maximum Gasteiger partial charge on any atom is 0.250 e. The van der Waals surface area contributed by atoms with Gasteiger partial charge in [0.15, 0.2) is 0 Å². The Hall–Kier alpha value is -4.60. The van der Waals surface area contributed by atoms with E-state index in [9.17, 15) is 14.4 Å². The van der Waals surface area contributed by atoms with Gasteiger partial charge in [0, 0.05) is 46.8 Å². The molecule has 2 fully saturated rings. The molecule has 2 unspecified atom stereocenters. The fourth-order valence-corrected chi connectivity index (χ4v) is 6.07. The van der Waals surface area contributed by atoms with Crippen LogP contribution in [0.25, 0.3) is 22.0 Å². The van der Waals surface area contributed by atoms with E-state index in [4.69, 9.17) is 5.73 Å². The molecule has 1 aliphatic heterocycles. The SMILES string of the molecule is Cc1cccc(NC(=O)[C@@H]2C3CCC(C3)N2C(=O)Cn2cc(C(N)=O)c3cc(-c4cnc(C)nc4)ccc32)n1. The van der Waals surface area contributed by atoms with Gasteiger partial charge >= 0.3 is 0 Å². The number of aryl methyl sites for hydroxylation is 2. The van der Waals surface area contributed by atoms with Crippen LogP contribution in [-0.4, -0.2) is 54.2 Å². The number of aromatic nitrogens is 4. The highest BCUT2D eigenvalue weighted by Gasteiger charge is 2.51. The lowest BCUT2D eigenvalue weighted by atomic mass is 9.97. The minimum absolute atomic E-state index is 0.00748. The van der Waals surface area contributed by atoms with Crippen LogP contribution in [0.3, 0.4) is 0 Å². The van der Waals surface area contributed by atoms with Gasteiger partial charge in [0.05, 0.1) is 5.56 Å². The van der Waals surface area contributed by atoms with Crippen molar-refractivity contribution in [3.05, 3.63) is 72.1 Å². The van der Waals surface area contributed by atoms with Crippen molar-refractivity contribution >= 4 is 34.4 Å². The fraction of sp³-hybridized carbons (Fsp3) is 0.310. The third-order valence-electron chi connectivity index (χ3n) is 7.85. The summed E-state index contributed by atoms with van der Waals surface area (Å²) in [6.07, 6.45) is 7.69. The van der Waals surface area contributed by atoms with E-state index in [1.807, 2.05) is 44.2 Å². The van der Waals surface area contributed by atoms with Crippen LogP contribution in [0.15, 0.2) is 55.0 Å². The molecular weight excluding hydrogens is 494 g/mol. The van der Waals surface area contributed by atoms with Crippen molar-refractivity contribution in [1.29, 1.82) is 0 Å². The highest BCUT2D eigenvalue weighted by Crippen LogP contribution is 2.43. The minimum atomic E-state index is -0.577. The lowest BCUT2D eigenvalue weighted by Gasteiger charge is -2.34. The van der Waals surface area contributed by atoms with E-state index in [1.54, 1.807) is 34.1 Å². The van der Waals surface area contributed by atoms with Crippen molar-refractivity contribution < 1.29 is 14.4 Å². The van der Waals surface area contributed by atoms with E-state index in [0.29, 0.717) is 28.1 Å². The molecule has 0 spiro atoms. The summed E-state index contributed by atoms with van der Waals surface area (Å²) in [4.78, 5) is 54.1. The molecule has 3 atom stereocenters. The molecule has 2 bridgehead atoms. The summed E-state index contributed by atoms with van der Waals surface area (Å²) in [7, 11) is 0. The van der Waals surface area contributed by atoms with Gasteiger partial charge in [-0.15, -0.1) is 0 Å². The number of hydrogen-bond donors (Lipinski definition) is 2. The van der Waals surface area contributed by atoms with Crippen LogP contribution in [0.2, 0.25) is 0 Å². The molecule has 10 heteroatoms. The zero-order chi connectivity index (χ0) is 27.3. The highest BCUT2D eigenvalue weighted by molar-refractivity contribution is 6.07. The quantitative estimate of drug-likeness (QED) is 0.398. The molecule has 4 heterocycles. The van der Waals surface area contributed by atoms with E-state index in [1.165, 1.54) is 0 Å². The number of primary amides is 1. The molecule has 2 aliphatic rings. The van der Waals surface area contributed by atoms with Crippen molar-refractivity contribution in [2.75, 3.05) is 5.32 Å². The Labute approximate surface area is 225 Å². The number of amides is 3. The number of nitrogens with two attached hydrogens (primary N) is 1. The maximum absolute atomic E-state index is 13.7. The number of carbonyl (C=O) groups excluding carboxylic acids is 3. The molecule has 3 aromatic heterocycles. The Balaban J connectivity index is 1.29. The largest absolute Gasteiger partial charge is 0.366 e. The molecule has 0 radical (unpaired) electrons. The van der Waals surface area contributed by atoms with Crippen molar-refractivity contribution in [3.63, 3.8) is 0 Å². The predicted octanol–water partition coefficient (Wildman–Crippen LogP) is 3.23. The first-order chi connectivity index (χ1) is 18.8. The molecule has 1 aromatic carbocycles. The number of anilines is 1. The van der Waals surface area contributed by atoms with E-state index in [0.717, 1.165) is 36.1 Å². The summed E-state index contributed by atoms with van der Waals surface area (Å²) < 4.78 is 1.75. The number of benzene rings is 1. The predicted molar refractivity (Wildman–Crippen MR) is 146 cm³/mol. The van der Waals surface area contributed by atoms with E-state index >= 15 is 0 Å². The van der Waals surface area contributed by atoms with Gasteiger partial charge in [-0.1, -0.05) is 12.1 Å². The number of carbonyl (C=O) groups is 3. The molecule has 198 valence electrons. The Bertz CT molecular complexity index is 1610. The average Bonchev–Trinajstić information content (AvgIpc) is 3.62. The third-order valence-corrected chi connectivity index (χ3v) is 7.85. The summed E-state index contributed by atoms with van der Waals surface area (Å²) in [5, 5.41) is 3.56. The van der Waals surface area contributed by atoms with Gasteiger partial charge in [0.25, 0.3) is 5.91 Å². The molecule has 1 saturated carbocycles. The lowest BCUT2D eigenvalue weighted by Crippen LogP contribution is -2.51. The first-order valence-corrected chi connectivity index (χ1v) is 13.1. The number of rotatable bonds is 6. The highest BCUT2D eigenvalue weighted by atomic mass is 16.2. The second kappa shape index (κ2) is 9.61. The first-order valence-electron chi connectivity index (χ1n) is 13.1. The Kier molecular flexibility index (Phi) is 6.09. The maximum atomic E-state index is 13.7. The summed E-state index contributed by atoms with van der Waals surface area (Å²) in [6.45, 7) is 3.67. The van der Waals surface area contributed by atoms with Gasteiger partial charge in [-0.05, 0) is 68.9 Å². The topological polar surface area (TPSA) is 136 Å². The molecule has 1 saturated heterocycles. The standard InChI is InChI=1S/C29H29N7O3/c1-16-4-3-5-25(33-16)34-29(39)27-19-6-8-21(10-19)36(27)26(37)15-35-14-23(28(30)38)22-11-18(7-9-24(22)35)20-12-31-17(2)32-13-20/h3-5,7,9,11-14,19,21,27H,6,8,10,15H2,1-2H3,(H2,30,38)(H,33,34,39)/t19?,21?,27-/m0/s1. The number of fused-ring (bicyclic) bond motifs is 3. The van der Waals surface area contributed by atoms with Crippen LogP contribution in [0.1, 0.15) is 41.1 Å². The smallest absolute Gasteiger partial charge is 0.250 e. The van der Waals surface area contributed by atoms with Gasteiger partial charge in [-0.2, -0.15) is 0 Å². The van der Waals surface area contributed by atoms with E-state index < -0.39 is 11.9 Å².